The molecule has 4 nitrogen and oxygen atoms in total. The largest absolute Gasteiger partial charge is 0.465 e. The summed E-state index contributed by atoms with van der Waals surface area (Å²) < 4.78 is 10.9. The lowest BCUT2D eigenvalue weighted by molar-refractivity contribution is -0.151. The van der Waals surface area contributed by atoms with Crippen LogP contribution in [0.5, 0.6) is 0 Å². The van der Waals surface area contributed by atoms with Gasteiger partial charge in [0, 0.05) is 19.3 Å². The zero-order chi connectivity index (χ0) is 16.3. The molecule has 4 heteroatoms. The Kier molecular flexibility index (Phi) is 10.7. The van der Waals surface area contributed by atoms with Crippen molar-refractivity contribution in [3.8, 4) is 0 Å². The topological polar surface area (TPSA) is 47.6 Å². The van der Waals surface area contributed by atoms with Crippen LogP contribution in [-0.2, 0) is 14.3 Å². The average Bonchev–Trinajstić information content (AvgIpc) is 2.38. The highest BCUT2D eigenvalue weighted by atomic mass is 16.5. The maximum Gasteiger partial charge on any atom is 0.326 e. The van der Waals surface area contributed by atoms with Crippen molar-refractivity contribution in [3.63, 3.8) is 0 Å². The van der Waals surface area contributed by atoms with Gasteiger partial charge < -0.3 is 9.47 Å². The number of rotatable bonds is 12. The number of nitrogens with one attached hydrogen (secondary N) is 1. The minimum atomic E-state index is -0.622. The van der Waals surface area contributed by atoms with Gasteiger partial charge in [0.1, 0.15) is 5.54 Å². The van der Waals surface area contributed by atoms with Crippen molar-refractivity contribution in [2.45, 2.75) is 78.8 Å². The highest BCUT2D eigenvalue weighted by Gasteiger charge is 2.34. The van der Waals surface area contributed by atoms with Gasteiger partial charge in [0.05, 0.1) is 6.61 Å². The maximum absolute atomic E-state index is 12.1. The Labute approximate surface area is 131 Å². The highest BCUT2D eigenvalue weighted by molar-refractivity contribution is 5.80. The molecule has 2 atom stereocenters. The van der Waals surface area contributed by atoms with Gasteiger partial charge in [0.25, 0.3) is 0 Å². The first-order chi connectivity index (χ1) is 9.85. The van der Waals surface area contributed by atoms with E-state index in [0.29, 0.717) is 19.1 Å². The Hall–Kier alpha value is -0.610. The molecule has 0 aromatic heterocycles. The Bertz CT molecular complexity index is 281. The predicted octanol–water partition coefficient (Wildman–Crippen LogP) is 3.54. The number of hydrogen-bond acceptors (Lipinski definition) is 4. The maximum atomic E-state index is 12.1. The van der Waals surface area contributed by atoms with Gasteiger partial charge in [-0.3, -0.25) is 10.1 Å². The first-order valence-corrected chi connectivity index (χ1v) is 8.38. The molecular formula is C17H35NO3. The van der Waals surface area contributed by atoms with Crippen LogP contribution in [0.3, 0.4) is 0 Å². The Morgan fingerprint density at radius 2 is 1.90 bits per heavy atom. The van der Waals surface area contributed by atoms with Crippen molar-refractivity contribution in [1.29, 1.82) is 0 Å². The monoisotopic (exact) mass is 301 g/mol. The standard InChI is InChI=1S/C17H35NO3/c1-7-10-15(5)13-20-12-9-11-17(6,18-14(3)4)16(19)21-8-2/h14-15,18H,7-13H2,1-6H3. The van der Waals surface area contributed by atoms with Gasteiger partial charge in [0.2, 0.25) is 0 Å². The van der Waals surface area contributed by atoms with Crippen LogP contribution in [0.25, 0.3) is 0 Å². The van der Waals surface area contributed by atoms with Crippen LogP contribution in [0.2, 0.25) is 0 Å². The molecular weight excluding hydrogens is 266 g/mol. The molecule has 0 aliphatic rings. The van der Waals surface area contributed by atoms with E-state index in [9.17, 15) is 4.79 Å². The third-order valence-electron chi connectivity index (χ3n) is 3.48. The number of hydrogen-bond donors (Lipinski definition) is 1. The van der Waals surface area contributed by atoms with Crippen molar-refractivity contribution in [2.24, 2.45) is 5.92 Å². The first-order valence-electron chi connectivity index (χ1n) is 8.38. The molecule has 0 aliphatic carbocycles. The minimum Gasteiger partial charge on any atom is -0.465 e. The Balaban J connectivity index is 4.16. The second-order valence-electron chi connectivity index (χ2n) is 6.42. The lowest BCUT2D eigenvalue weighted by Crippen LogP contribution is -2.53. The molecule has 0 aliphatic heterocycles. The second kappa shape index (κ2) is 11.0. The van der Waals surface area contributed by atoms with Crippen LogP contribution in [-0.4, -0.2) is 37.4 Å². The van der Waals surface area contributed by atoms with E-state index in [1.165, 1.54) is 12.8 Å². The van der Waals surface area contributed by atoms with E-state index in [0.717, 1.165) is 19.4 Å². The summed E-state index contributed by atoms with van der Waals surface area (Å²) >= 11 is 0. The highest BCUT2D eigenvalue weighted by Crippen LogP contribution is 2.16. The van der Waals surface area contributed by atoms with Gasteiger partial charge in [-0.1, -0.05) is 20.3 Å². The molecule has 0 heterocycles. The van der Waals surface area contributed by atoms with Crippen LogP contribution in [0, 0.1) is 5.92 Å². The molecule has 0 spiro atoms. The molecule has 0 rings (SSSR count). The minimum absolute atomic E-state index is 0.168. The fourth-order valence-corrected chi connectivity index (χ4v) is 2.55. The number of carbonyl (C=O) groups is 1. The van der Waals surface area contributed by atoms with Crippen molar-refractivity contribution in [2.75, 3.05) is 19.8 Å². The van der Waals surface area contributed by atoms with E-state index in [1.54, 1.807) is 0 Å². The Morgan fingerprint density at radius 3 is 2.43 bits per heavy atom. The average molecular weight is 301 g/mol. The third-order valence-corrected chi connectivity index (χ3v) is 3.48. The fraction of sp³-hybridized carbons (Fsp3) is 0.941. The summed E-state index contributed by atoms with van der Waals surface area (Å²) in [5.41, 5.74) is -0.622. The summed E-state index contributed by atoms with van der Waals surface area (Å²) in [6.45, 7) is 14.2. The lowest BCUT2D eigenvalue weighted by Gasteiger charge is -2.30. The second-order valence-corrected chi connectivity index (χ2v) is 6.42. The molecule has 0 bridgehead atoms. The van der Waals surface area contributed by atoms with Crippen molar-refractivity contribution >= 4 is 5.97 Å². The van der Waals surface area contributed by atoms with Crippen LogP contribution in [0.15, 0.2) is 0 Å². The van der Waals surface area contributed by atoms with Crippen LogP contribution >= 0.6 is 0 Å². The van der Waals surface area contributed by atoms with Crippen molar-refractivity contribution in [3.05, 3.63) is 0 Å². The van der Waals surface area contributed by atoms with Gasteiger partial charge >= 0.3 is 5.97 Å². The summed E-state index contributed by atoms with van der Waals surface area (Å²) in [4.78, 5) is 12.1. The normalized spacial score (nSPS) is 15.8. The van der Waals surface area contributed by atoms with E-state index < -0.39 is 5.54 Å². The summed E-state index contributed by atoms with van der Waals surface area (Å²) in [5.74, 6) is 0.443. The van der Waals surface area contributed by atoms with Crippen LogP contribution < -0.4 is 5.32 Å². The molecule has 126 valence electrons. The van der Waals surface area contributed by atoms with E-state index in [4.69, 9.17) is 9.47 Å². The van der Waals surface area contributed by atoms with Gasteiger partial charge in [0.15, 0.2) is 0 Å². The predicted molar refractivity (Wildman–Crippen MR) is 87.4 cm³/mol. The van der Waals surface area contributed by atoms with E-state index >= 15 is 0 Å². The summed E-state index contributed by atoms with van der Waals surface area (Å²) in [7, 11) is 0. The van der Waals surface area contributed by atoms with E-state index in [-0.39, 0.29) is 12.0 Å². The molecule has 0 radical (unpaired) electrons. The molecule has 2 unspecified atom stereocenters. The molecule has 0 saturated heterocycles. The molecule has 21 heavy (non-hydrogen) atoms. The van der Waals surface area contributed by atoms with Gasteiger partial charge in [-0.25, -0.2) is 0 Å². The third kappa shape index (κ3) is 9.10. The number of ether oxygens (including phenoxy) is 2. The molecule has 1 N–H and O–H groups in total. The van der Waals surface area contributed by atoms with Crippen LogP contribution in [0.1, 0.15) is 67.2 Å². The van der Waals surface area contributed by atoms with E-state index in [1.807, 2.05) is 27.7 Å². The molecule has 0 aromatic rings. The summed E-state index contributed by atoms with van der Waals surface area (Å²) in [5, 5.41) is 3.33. The van der Waals surface area contributed by atoms with Crippen LogP contribution in [0.4, 0.5) is 0 Å². The number of esters is 1. The van der Waals surface area contributed by atoms with Gasteiger partial charge in [-0.05, 0) is 52.9 Å². The summed E-state index contributed by atoms with van der Waals surface area (Å²) in [6, 6.07) is 0.241. The molecule has 0 aromatic carbocycles. The summed E-state index contributed by atoms with van der Waals surface area (Å²) in [6.07, 6.45) is 3.99. The Morgan fingerprint density at radius 1 is 1.24 bits per heavy atom. The SMILES string of the molecule is CCCC(C)COCCCC(C)(NC(C)C)C(=O)OCC. The smallest absolute Gasteiger partial charge is 0.326 e. The zero-order valence-corrected chi connectivity index (χ0v) is 14.8. The zero-order valence-electron chi connectivity index (χ0n) is 14.8. The van der Waals surface area contributed by atoms with Crippen molar-refractivity contribution in [1.82, 2.24) is 5.32 Å². The first kappa shape index (κ1) is 20.4. The van der Waals surface area contributed by atoms with Gasteiger partial charge in [-0.2, -0.15) is 0 Å². The van der Waals surface area contributed by atoms with Crippen molar-refractivity contribution < 1.29 is 14.3 Å². The number of carbonyl (C=O) groups excluding carboxylic acids is 1. The molecule has 0 fully saturated rings. The molecule has 0 amide bonds. The fourth-order valence-electron chi connectivity index (χ4n) is 2.55. The van der Waals surface area contributed by atoms with E-state index in [2.05, 4.69) is 19.2 Å². The molecule has 0 saturated carbocycles. The van der Waals surface area contributed by atoms with Gasteiger partial charge in [-0.15, -0.1) is 0 Å². The quantitative estimate of drug-likeness (QED) is 0.442. The lowest BCUT2D eigenvalue weighted by atomic mass is 9.95.